The van der Waals surface area contributed by atoms with Gasteiger partial charge in [0, 0.05) is 6.08 Å². The lowest BCUT2D eigenvalue weighted by Gasteiger charge is -2.11. The Morgan fingerprint density at radius 2 is 1.59 bits per heavy atom. The molecule has 1 N–H and O–H groups in total. The molecule has 0 bridgehead atoms. The van der Waals surface area contributed by atoms with Gasteiger partial charge in [-0.15, -0.1) is 0 Å². The summed E-state index contributed by atoms with van der Waals surface area (Å²) in [6.45, 7) is 0.452. The van der Waals surface area contributed by atoms with Crippen LogP contribution in [0.1, 0.15) is 11.1 Å². The molecule has 3 aromatic carbocycles. The minimum Gasteiger partial charge on any atom is -0.495 e. The van der Waals surface area contributed by atoms with Gasteiger partial charge in [-0.25, -0.2) is 0 Å². The van der Waals surface area contributed by atoms with E-state index in [9.17, 15) is 4.79 Å². The first kappa shape index (κ1) is 20.0. The lowest BCUT2D eigenvalue weighted by Crippen LogP contribution is -2.08. The second-order valence-corrected chi connectivity index (χ2v) is 6.21. The van der Waals surface area contributed by atoms with Gasteiger partial charge in [0.05, 0.1) is 19.9 Å². The summed E-state index contributed by atoms with van der Waals surface area (Å²) in [7, 11) is 3.15. The Kier molecular flexibility index (Phi) is 6.90. The van der Waals surface area contributed by atoms with Crippen LogP contribution in [-0.2, 0) is 11.4 Å². The van der Waals surface area contributed by atoms with Gasteiger partial charge in [0.1, 0.15) is 12.4 Å². The summed E-state index contributed by atoms with van der Waals surface area (Å²) in [6.07, 6.45) is 3.18. The quantitative estimate of drug-likeness (QED) is 0.555. The molecule has 29 heavy (non-hydrogen) atoms. The number of hydrogen-bond acceptors (Lipinski definition) is 4. The van der Waals surface area contributed by atoms with E-state index < -0.39 is 0 Å². The van der Waals surface area contributed by atoms with Crippen LogP contribution in [0.2, 0.25) is 0 Å². The van der Waals surface area contributed by atoms with E-state index in [4.69, 9.17) is 14.2 Å². The number of rotatable bonds is 8. The van der Waals surface area contributed by atoms with Crippen LogP contribution in [0, 0.1) is 0 Å². The molecular weight excluding hydrogens is 366 g/mol. The molecule has 0 atom stereocenters. The number of methoxy groups -OCH3 is 2. The van der Waals surface area contributed by atoms with Crippen LogP contribution in [0.3, 0.4) is 0 Å². The Labute approximate surface area is 170 Å². The average Bonchev–Trinajstić information content (AvgIpc) is 2.77. The summed E-state index contributed by atoms with van der Waals surface area (Å²) in [6, 6.07) is 22.7. The monoisotopic (exact) mass is 389 g/mol. The number of hydrogen-bond donors (Lipinski definition) is 1. The van der Waals surface area contributed by atoms with Crippen molar-refractivity contribution in [2.45, 2.75) is 6.61 Å². The van der Waals surface area contributed by atoms with E-state index in [1.807, 2.05) is 60.7 Å². The van der Waals surface area contributed by atoms with Crippen LogP contribution in [0.15, 0.2) is 78.9 Å². The maximum absolute atomic E-state index is 12.2. The smallest absolute Gasteiger partial charge is 0.248 e. The Morgan fingerprint density at radius 1 is 0.862 bits per heavy atom. The predicted octanol–water partition coefficient (Wildman–Crippen LogP) is 4.93. The standard InChI is InChI=1S/C24H23NO4/c1-27-21-11-7-6-10-20(21)25-24(26)15-13-18-12-14-22(23(16-18)28-2)29-17-19-8-4-3-5-9-19/h3-16H,17H2,1-2H3,(H,25,26). The lowest BCUT2D eigenvalue weighted by molar-refractivity contribution is -0.111. The maximum Gasteiger partial charge on any atom is 0.248 e. The zero-order valence-electron chi connectivity index (χ0n) is 16.4. The van der Waals surface area contributed by atoms with Gasteiger partial charge in [-0.2, -0.15) is 0 Å². The van der Waals surface area contributed by atoms with E-state index in [-0.39, 0.29) is 5.91 Å². The zero-order chi connectivity index (χ0) is 20.5. The molecule has 1 amide bonds. The van der Waals surface area contributed by atoms with Crippen LogP contribution in [0.5, 0.6) is 17.2 Å². The molecule has 0 unspecified atom stereocenters. The van der Waals surface area contributed by atoms with Gasteiger partial charge in [-0.1, -0.05) is 48.5 Å². The van der Waals surface area contributed by atoms with Crippen molar-refractivity contribution in [3.05, 3.63) is 90.0 Å². The average molecular weight is 389 g/mol. The summed E-state index contributed by atoms with van der Waals surface area (Å²) >= 11 is 0. The molecule has 0 aliphatic heterocycles. The molecule has 3 aromatic rings. The molecule has 0 saturated heterocycles. The molecule has 0 heterocycles. The number of anilines is 1. The van der Waals surface area contributed by atoms with Gasteiger partial charge in [-0.3, -0.25) is 4.79 Å². The third-order valence-electron chi connectivity index (χ3n) is 4.22. The fourth-order valence-corrected chi connectivity index (χ4v) is 2.74. The molecule has 3 rings (SSSR count). The van der Waals surface area contributed by atoms with Crippen molar-refractivity contribution in [3.63, 3.8) is 0 Å². The van der Waals surface area contributed by atoms with E-state index in [0.29, 0.717) is 29.5 Å². The number of ether oxygens (including phenoxy) is 3. The largest absolute Gasteiger partial charge is 0.495 e. The first-order valence-corrected chi connectivity index (χ1v) is 9.16. The Bertz CT molecular complexity index is 983. The highest BCUT2D eigenvalue weighted by atomic mass is 16.5. The fraction of sp³-hybridized carbons (Fsp3) is 0.125. The molecule has 148 valence electrons. The van der Waals surface area contributed by atoms with Crippen LogP contribution >= 0.6 is 0 Å². The van der Waals surface area contributed by atoms with Gasteiger partial charge in [-0.05, 0) is 41.5 Å². The van der Waals surface area contributed by atoms with Gasteiger partial charge < -0.3 is 19.5 Å². The Balaban J connectivity index is 1.65. The van der Waals surface area contributed by atoms with Crippen molar-refractivity contribution in [1.82, 2.24) is 0 Å². The molecule has 0 aliphatic rings. The van der Waals surface area contributed by atoms with Gasteiger partial charge in [0.15, 0.2) is 11.5 Å². The van der Waals surface area contributed by atoms with Crippen molar-refractivity contribution in [1.29, 1.82) is 0 Å². The summed E-state index contributed by atoms with van der Waals surface area (Å²) < 4.78 is 16.5. The molecular formula is C24H23NO4. The Morgan fingerprint density at radius 3 is 2.34 bits per heavy atom. The van der Waals surface area contributed by atoms with E-state index in [1.165, 1.54) is 6.08 Å². The summed E-state index contributed by atoms with van der Waals surface area (Å²) in [5.41, 5.74) is 2.52. The topological polar surface area (TPSA) is 56.8 Å². The number of para-hydroxylation sites is 2. The third-order valence-corrected chi connectivity index (χ3v) is 4.22. The molecule has 0 spiro atoms. The second kappa shape index (κ2) is 9.99. The highest BCUT2D eigenvalue weighted by Crippen LogP contribution is 2.29. The van der Waals surface area contributed by atoms with Gasteiger partial charge in [0.25, 0.3) is 0 Å². The van der Waals surface area contributed by atoms with E-state index in [1.54, 1.807) is 32.4 Å². The van der Waals surface area contributed by atoms with Crippen molar-refractivity contribution in [2.75, 3.05) is 19.5 Å². The highest BCUT2D eigenvalue weighted by molar-refractivity contribution is 6.02. The summed E-state index contributed by atoms with van der Waals surface area (Å²) in [4.78, 5) is 12.2. The van der Waals surface area contributed by atoms with Crippen molar-refractivity contribution >= 4 is 17.7 Å². The molecule has 0 radical (unpaired) electrons. The normalized spacial score (nSPS) is 10.6. The third kappa shape index (κ3) is 5.62. The summed E-state index contributed by atoms with van der Waals surface area (Å²) in [5, 5.41) is 2.80. The van der Waals surface area contributed by atoms with Crippen LogP contribution in [0.4, 0.5) is 5.69 Å². The number of nitrogens with one attached hydrogen (secondary N) is 1. The molecule has 0 saturated carbocycles. The van der Waals surface area contributed by atoms with E-state index in [2.05, 4.69) is 5.32 Å². The first-order valence-electron chi connectivity index (χ1n) is 9.16. The zero-order valence-corrected chi connectivity index (χ0v) is 16.4. The molecule has 5 nitrogen and oxygen atoms in total. The number of benzene rings is 3. The van der Waals surface area contributed by atoms with Crippen LogP contribution in [-0.4, -0.2) is 20.1 Å². The summed E-state index contributed by atoms with van der Waals surface area (Å²) in [5.74, 6) is 1.61. The number of amides is 1. The maximum atomic E-state index is 12.2. The van der Waals surface area contributed by atoms with Gasteiger partial charge in [0.2, 0.25) is 5.91 Å². The minimum absolute atomic E-state index is 0.252. The van der Waals surface area contributed by atoms with Crippen molar-refractivity contribution in [2.24, 2.45) is 0 Å². The van der Waals surface area contributed by atoms with Crippen LogP contribution in [0.25, 0.3) is 6.08 Å². The molecule has 0 aliphatic carbocycles. The molecule has 0 aromatic heterocycles. The fourth-order valence-electron chi connectivity index (χ4n) is 2.74. The SMILES string of the molecule is COc1ccccc1NC(=O)C=Cc1ccc(OCc2ccccc2)c(OC)c1. The van der Waals surface area contributed by atoms with Crippen molar-refractivity contribution in [3.8, 4) is 17.2 Å². The first-order chi connectivity index (χ1) is 14.2. The molecule has 5 heteroatoms. The van der Waals surface area contributed by atoms with E-state index >= 15 is 0 Å². The number of carbonyl (C=O) groups is 1. The number of carbonyl (C=O) groups excluding carboxylic acids is 1. The van der Waals surface area contributed by atoms with Gasteiger partial charge >= 0.3 is 0 Å². The highest BCUT2D eigenvalue weighted by Gasteiger charge is 2.07. The minimum atomic E-state index is -0.252. The van der Waals surface area contributed by atoms with E-state index in [0.717, 1.165) is 11.1 Å². The second-order valence-electron chi connectivity index (χ2n) is 6.21. The predicted molar refractivity (Wildman–Crippen MR) is 114 cm³/mol. The van der Waals surface area contributed by atoms with Crippen LogP contribution < -0.4 is 19.5 Å². The Hall–Kier alpha value is -3.73. The lowest BCUT2D eigenvalue weighted by atomic mass is 10.2. The van der Waals surface area contributed by atoms with Crippen molar-refractivity contribution < 1.29 is 19.0 Å². The molecule has 0 fully saturated rings.